The van der Waals surface area contributed by atoms with Crippen LogP contribution < -0.4 is 29.1 Å². The molecule has 48 heavy (non-hydrogen) atoms. The van der Waals surface area contributed by atoms with E-state index in [0.717, 1.165) is 6.42 Å². The molecule has 1 aromatic heterocycles. The first kappa shape index (κ1) is 34.9. The van der Waals surface area contributed by atoms with E-state index in [0.29, 0.717) is 59.7 Å². The number of esters is 1. The number of carboxylic acids is 1. The number of carbonyl (C=O) groups is 2. The Labute approximate surface area is 293 Å². The van der Waals surface area contributed by atoms with Gasteiger partial charge >= 0.3 is 11.9 Å². The number of benzene rings is 3. The molecule has 1 aliphatic heterocycles. The summed E-state index contributed by atoms with van der Waals surface area (Å²) in [6, 6.07) is 14.4. The van der Waals surface area contributed by atoms with Gasteiger partial charge in [0.05, 0.1) is 57.7 Å². The molecular weight excluding hydrogens is 724 g/mol. The number of carboxylic acid groups (broad SMARTS) is 1. The first-order valence-electron chi connectivity index (χ1n) is 15.0. The minimum atomic E-state index is -1.04. The quantitative estimate of drug-likeness (QED) is 0.168. The van der Waals surface area contributed by atoms with Gasteiger partial charge in [-0.25, -0.2) is 14.6 Å². The summed E-state index contributed by atoms with van der Waals surface area (Å²) in [6.07, 6.45) is 2.93. The molecule has 5 rings (SSSR count). The molecule has 0 amide bonds. The van der Waals surface area contributed by atoms with Gasteiger partial charge in [-0.3, -0.25) is 9.36 Å². The summed E-state index contributed by atoms with van der Waals surface area (Å²) in [5.41, 5.74) is 2.58. The summed E-state index contributed by atoms with van der Waals surface area (Å²) >= 11 is 11.4. The molecule has 0 bridgehead atoms. The number of thiazole rings is 1. The lowest BCUT2D eigenvalue weighted by atomic mass is 9.94. The highest BCUT2D eigenvalue weighted by Gasteiger charge is 2.34. The molecule has 0 radical (unpaired) electrons. The summed E-state index contributed by atoms with van der Waals surface area (Å²) in [4.78, 5) is 44.3. The average molecular weight is 756 g/mol. The zero-order valence-corrected chi connectivity index (χ0v) is 29.7. The minimum absolute atomic E-state index is 0.0551. The Balaban J connectivity index is 1.60. The van der Waals surface area contributed by atoms with Crippen LogP contribution in [0, 0.1) is 0 Å². The number of aromatic nitrogens is 1. The van der Waals surface area contributed by atoms with Gasteiger partial charge in [0.25, 0.3) is 5.56 Å². The van der Waals surface area contributed by atoms with Gasteiger partial charge in [-0.2, -0.15) is 0 Å². The number of rotatable bonds is 12. The topological polar surface area (TPSA) is 126 Å². The Morgan fingerprint density at radius 3 is 2.52 bits per heavy atom. The molecule has 0 spiro atoms. The van der Waals surface area contributed by atoms with Crippen molar-refractivity contribution in [3.63, 3.8) is 0 Å². The highest BCUT2D eigenvalue weighted by atomic mass is 79.9. The van der Waals surface area contributed by atoms with E-state index < -0.39 is 18.0 Å². The van der Waals surface area contributed by atoms with Crippen LogP contribution in [-0.4, -0.2) is 42.4 Å². The third-order valence-corrected chi connectivity index (χ3v) is 9.37. The molecule has 10 nitrogen and oxygen atoms in total. The van der Waals surface area contributed by atoms with Crippen molar-refractivity contribution in [2.24, 2.45) is 4.99 Å². The van der Waals surface area contributed by atoms with Crippen LogP contribution in [0.3, 0.4) is 0 Å². The molecule has 1 N–H and O–H groups in total. The third-order valence-electron chi connectivity index (χ3n) is 7.49. The number of aromatic carboxylic acids is 1. The smallest absolute Gasteiger partial charge is 0.338 e. The van der Waals surface area contributed by atoms with E-state index in [2.05, 4.69) is 15.9 Å². The predicted molar refractivity (Wildman–Crippen MR) is 186 cm³/mol. The van der Waals surface area contributed by atoms with Gasteiger partial charge in [0.15, 0.2) is 16.3 Å². The second-order valence-corrected chi connectivity index (χ2v) is 12.9. The van der Waals surface area contributed by atoms with Gasteiger partial charge < -0.3 is 24.1 Å². The second kappa shape index (κ2) is 15.2. The number of hydrogen-bond donors (Lipinski definition) is 1. The van der Waals surface area contributed by atoms with Gasteiger partial charge in [0, 0.05) is 0 Å². The number of allylic oxidation sites excluding steroid dienone is 1. The monoisotopic (exact) mass is 754 g/mol. The SMILES string of the molecule is CCCC1=C(C(=O)OCC)[C@@H](c2ccc(OC)c(Br)c2)n2c(s/c(=C/c3cc(Cl)c(OCc4cccc(C(=O)O)c4)c(OC)c3)c2=O)=N1. The van der Waals surface area contributed by atoms with Gasteiger partial charge in [0.1, 0.15) is 12.4 Å². The van der Waals surface area contributed by atoms with Gasteiger partial charge in [0.2, 0.25) is 0 Å². The second-order valence-electron chi connectivity index (χ2n) is 10.6. The van der Waals surface area contributed by atoms with Crippen LogP contribution in [0.1, 0.15) is 59.8 Å². The summed E-state index contributed by atoms with van der Waals surface area (Å²) < 4.78 is 25.0. The first-order chi connectivity index (χ1) is 23.1. The van der Waals surface area contributed by atoms with E-state index in [1.54, 1.807) is 50.4 Å². The number of nitrogens with zero attached hydrogens (tertiary/aromatic N) is 2. The first-order valence-corrected chi connectivity index (χ1v) is 17.0. The zero-order valence-electron chi connectivity index (χ0n) is 26.5. The molecule has 1 atom stereocenters. The van der Waals surface area contributed by atoms with Crippen LogP contribution in [0.5, 0.6) is 17.2 Å². The molecule has 1 aliphatic rings. The lowest BCUT2D eigenvalue weighted by Crippen LogP contribution is -2.40. The molecular formula is C35H32BrClN2O8S. The molecule has 3 aromatic carbocycles. The minimum Gasteiger partial charge on any atom is -0.496 e. The van der Waals surface area contributed by atoms with Crippen molar-refractivity contribution >= 4 is 56.9 Å². The van der Waals surface area contributed by atoms with E-state index >= 15 is 0 Å². The van der Waals surface area contributed by atoms with E-state index in [1.807, 2.05) is 19.1 Å². The Bertz CT molecular complexity index is 2110. The molecule has 4 aromatic rings. The number of halogens is 2. The van der Waals surface area contributed by atoms with Crippen LogP contribution in [0.25, 0.3) is 6.08 Å². The van der Waals surface area contributed by atoms with E-state index in [-0.39, 0.29) is 35.1 Å². The van der Waals surface area contributed by atoms with E-state index in [4.69, 9.17) is 35.5 Å². The number of carbonyl (C=O) groups excluding carboxylic acids is 1. The molecule has 0 unspecified atom stereocenters. The average Bonchev–Trinajstić information content (AvgIpc) is 3.37. The van der Waals surface area contributed by atoms with Gasteiger partial charge in [-0.15, -0.1) is 0 Å². The van der Waals surface area contributed by atoms with Crippen LogP contribution >= 0.6 is 38.9 Å². The maximum Gasteiger partial charge on any atom is 0.338 e. The third kappa shape index (κ3) is 7.20. The van der Waals surface area contributed by atoms with Crippen molar-refractivity contribution in [2.75, 3.05) is 20.8 Å². The fourth-order valence-electron chi connectivity index (χ4n) is 5.35. The van der Waals surface area contributed by atoms with Crippen molar-refractivity contribution < 1.29 is 33.6 Å². The molecule has 0 fully saturated rings. The van der Waals surface area contributed by atoms with Crippen LogP contribution in [-0.2, 0) is 16.1 Å². The summed E-state index contributed by atoms with van der Waals surface area (Å²) in [6.45, 7) is 3.96. The zero-order chi connectivity index (χ0) is 34.5. The fourth-order valence-corrected chi connectivity index (χ4v) is 7.21. The highest BCUT2D eigenvalue weighted by Crippen LogP contribution is 2.38. The largest absolute Gasteiger partial charge is 0.496 e. The standard InChI is InChI=1S/C35H32BrClN2O8S/c1-5-8-25-29(34(43)46-6-2)30(21-11-12-26(44-3)23(36)17-21)39-32(40)28(48-35(39)38-25)16-20-14-24(37)31(27(15-20)45-4)47-18-19-9-7-10-22(13-19)33(41)42/h7,9-17,30H,5-6,8,18H2,1-4H3,(H,41,42)/b28-16+/t30-/m1/s1. The summed E-state index contributed by atoms with van der Waals surface area (Å²) in [5, 5.41) is 9.54. The normalized spacial score (nSPS) is 14.3. The van der Waals surface area contributed by atoms with Crippen molar-refractivity contribution in [1.29, 1.82) is 0 Å². The lowest BCUT2D eigenvalue weighted by molar-refractivity contribution is -0.139. The predicted octanol–water partition coefficient (Wildman–Crippen LogP) is 6.29. The Morgan fingerprint density at radius 1 is 1.08 bits per heavy atom. The molecule has 0 saturated heterocycles. The molecule has 0 saturated carbocycles. The molecule has 13 heteroatoms. The molecule has 250 valence electrons. The number of fused-ring (bicyclic) bond motifs is 1. The maximum absolute atomic E-state index is 14.2. The van der Waals surface area contributed by atoms with E-state index in [1.165, 1.54) is 35.1 Å². The van der Waals surface area contributed by atoms with Crippen LogP contribution in [0.2, 0.25) is 5.02 Å². The Hall–Kier alpha value is -4.39. The lowest BCUT2D eigenvalue weighted by Gasteiger charge is -2.26. The molecule has 2 heterocycles. The summed E-state index contributed by atoms with van der Waals surface area (Å²) in [5.74, 6) is -0.367. The number of methoxy groups -OCH3 is 2. The van der Waals surface area contributed by atoms with Crippen molar-refractivity contribution in [3.8, 4) is 17.2 Å². The van der Waals surface area contributed by atoms with Crippen molar-refractivity contribution in [3.05, 3.63) is 117 Å². The van der Waals surface area contributed by atoms with Crippen molar-refractivity contribution in [1.82, 2.24) is 4.57 Å². The van der Waals surface area contributed by atoms with Gasteiger partial charge in [-0.1, -0.05) is 54.5 Å². The Kier molecular flexibility index (Phi) is 11.1. The summed E-state index contributed by atoms with van der Waals surface area (Å²) in [7, 11) is 3.03. The van der Waals surface area contributed by atoms with E-state index in [9.17, 15) is 19.5 Å². The molecule has 0 aliphatic carbocycles. The van der Waals surface area contributed by atoms with Crippen LogP contribution in [0.15, 0.2) is 80.1 Å². The number of ether oxygens (including phenoxy) is 4. The Morgan fingerprint density at radius 2 is 1.85 bits per heavy atom. The highest BCUT2D eigenvalue weighted by molar-refractivity contribution is 9.10. The van der Waals surface area contributed by atoms with Crippen LogP contribution in [0.4, 0.5) is 0 Å². The number of hydrogen-bond acceptors (Lipinski definition) is 9. The van der Waals surface area contributed by atoms with Crippen molar-refractivity contribution in [2.45, 2.75) is 39.3 Å². The maximum atomic E-state index is 14.2. The van der Waals surface area contributed by atoms with Gasteiger partial charge in [-0.05, 0) is 88.4 Å². The fraction of sp³-hybridized carbons (Fsp3) is 0.257.